The van der Waals surface area contributed by atoms with E-state index >= 15 is 0 Å². The molecule has 9 nitrogen and oxygen atoms in total. The summed E-state index contributed by atoms with van der Waals surface area (Å²) in [5, 5.41) is 5.82. The largest absolute Gasteiger partial charge is 0.488 e. The van der Waals surface area contributed by atoms with Gasteiger partial charge in [-0.25, -0.2) is 14.6 Å². The molecule has 10 heteroatoms. The highest BCUT2D eigenvalue weighted by Crippen LogP contribution is 2.32. The van der Waals surface area contributed by atoms with Gasteiger partial charge in [0.1, 0.15) is 30.7 Å². The van der Waals surface area contributed by atoms with Gasteiger partial charge in [0.25, 0.3) is 0 Å². The highest BCUT2D eigenvalue weighted by Gasteiger charge is 2.20. The van der Waals surface area contributed by atoms with E-state index in [-0.39, 0.29) is 6.10 Å². The Labute approximate surface area is 208 Å². The number of nitrogens with zero attached hydrogens (tertiary/aromatic N) is 5. The number of hydrogen-bond donors (Lipinski definition) is 0. The van der Waals surface area contributed by atoms with Gasteiger partial charge < -0.3 is 23.8 Å². The Morgan fingerprint density at radius 1 is 1.11 bits per heavy atom. The standard InChI is InChI=1S/C25H37N5O4Si/c1-19(16-31-2)34-20-6-7-22-21(14-20)25(30(28-22)18-33-12-13-35(3,4)5)23-15-24(27-17-26-23)29-8-10-32-11-9-29/h6-7,14-15,17,19H,8-13,16,18H2,1-5H3/t19-/m1/s1. The normalized spacial score (nSPS) is 15.5. The SMILES string of the molecule is COC[C@@H](C)Oc1ccc2nn(COCC[Si](C)(C)C)c(-c3cc(N4CCOCC4)ncn3)c2c1. The number of benzene rings is 1. The van der Waals surface area contributed by atoms with E-state index in [0.717, 1.165) is 59.6 Å². The molecule has 1 aromatic carbocycles. The third-order valence-electron chi connectivity index (χ3n) is 5.89. The maximum Gasteiger partial charge on any atom is 0.140 e. The first-order valence-corrected chi connectivity index (χ1v) is 15.9. The van der Waals surface area contributed by atoms with Gasteiger partial charge in [0, 0.05) is 46.3 Å². The molecule has 1 aliphatic rings. The van der Waals surface area contributed by atoms with Crippen LogP contribution in [0.4, 0.5) is 5.82 Å². The molecule has 1 saturated heterocycles. The molecule has 3 heterocycles. The summed E-state index contributed by atoms with van der Waals surface area (Å²) < 4.78 is 24.8. The third kappa shape index (κ3) is 6.78. The zero-order valence-corrected chi connectivity index (χ0v) is 22.5. The Morgan fingerprint density at radius 3 is 2.66 bits per heavy atom. The first kappa shape index (κ1) is 25.6. The Hall–Kier alpha value is -2.53. The maximum atomic E-state index is 6.08. The fourth-order valence-corrected chi connectivity index (χ4v) is 4.78. The van der Waals surface area contributed by atoms with E-state index in [0.29, 0.717) is 26.6 Å². The van der Waals surface area contributed by atoms with Crippen molar-refractivity contribution in [3.05, 3.63) is 30.6 Å². The van der Waals surface area contributed by atoms with Crippen LogP contribution >= 0.6 is 0 Å². The van der Waals surface area contributed by atoms with Crippen molar-refractivity contribution in [2.75, 3.05) is 51.5 Å². The van der Waals surface area contributed by atoms with Gasteiger partial charge in [-0.15, -0.1) is 0 Å². The van der Waals surface area contributed by atoms with Crippen LogP contribution in [0.25, 0.3) is 22.3 Å². The highest BCUT2D eigenvalue weighted by molar-refractivity contribution is 6.76. The van der Waals surface area contributed by atoms with Crippen LogP contribution in [-0.4, -0.2) is 80.6 Å². The van der Waals surface area contributed by atoms with E-state index in [9.17, 15) is 0 Å². The van der Waals surface area contributed by atoms with Crippen LogP contribution in [0.5, 0.6) is 5.75 Å². The van der Waals surface area contributed by atoms with Gasteiger partial charge in [-0.1, -0.05) is 19.6 Å². The predicted octanol–water partition coefficient (Wildman–Crippen LogP) is 4.06. The van der Waals surface area contributed by atoms with Crippen molar-refractivity contribution >= 4 is 24.8 Å². The molecular weight excluding hydrogens is 462 g/mol. The van der Waals surface area contributed by atoms with E-state index in [4.69, 9.17) is 24.0 Å². The fraction of sp³-hybridized carbons (Fsp3) is 0.560. The molecule has 190 valence electrons. The van der Waals surface area contributed by atoms with Crippen LogP contribution in [0.2, 0.25) is 25.7 Å². The molecule has 0 bridgehead atoms. The average Bonchev–Trinajstić information content (AvgIpc) is 3.19. The number of rotatable bonds is 11. The second-order valence-corrected chi connectivity index (χ2v) is 15.7. The molecule has 0 saturated carbocycles. The Balaban J connectivity index is 1.68. The Bertz CT molecular complexity index is 1110. The summed E-state index contributed by atoms with van der Waals surface area (Å²) >= 11 is 0. The van der Waals surface area contributed by atoms with Gasteiger partial charge in [-0.05, 0) is 31.2 Å². The summed E-state index contributed by atoms with van der Waals surface area (Å²) in [5.74, 6) is 1.66. The number of ether oxygens (including phenoxy) is 4. The third-order valence-corrected chi connectivity index (χ3v) is 7.59. The topological polar surface area (TPSA) is 83.8 Å². The van der Waals surface area contributed by atoms with E-state index in [1.165, 1.54) is 0 Å². The minimum Gasteiger partial charge on any atom is -0.488 e. The van der Waals surface area contributed by atoms with Crippen molar-refractivity contribution in [1.82, 2.24) is 19.7 Å². The number of hydrogen-bond acceptors (Lipinski definition) is 8. The molecule has 4 rings (SSSR count). The fourth-order valence-electron chi connectivity index (χ4n) is 4.02. The lowest BCUT2D eigenvalue weighted by atomic mass is 10.1. The molecule has 0 unspecified atom stereocenters. The molecule has 35 heavy (non-hydrogen) atoms. The molecule has 0 N–H and O–H groups in total. The number of fused-ring (bicyclic) bond motifs is 1. The molecule has 0 spiro atoms. The monoisotopic (exact) mass is 499 g/mol. The number of morpholine rings is 1. The smallest absolute Gasteiger partial charge is 0.140 e. The molecule has 3 aromatic rings. The van der Waals surface area contributed by atoms with E-state index < -0.39 is 8.07 Å². The summed E-state index contributed by atoms with van der Waals surface area (Å²) in [4.78, 5) is 11.4. The van der Waals surface area contributed by atoms with Crippen molar-refractivity contribution < 1.29 is 18.9 Å². The number of methoxy groups -OCH3 is 1. The molecule has 2 aromatic heterocycles. The Kier molecular flexibility index (Phi) is 8.37. The summed E-state index contributed by atoms with van der Waals surface area (Å²) in [5.41, 5.74) is 2.57. The van der Waals surface area contributed by atoms with Crippen molar-refractivity contribution in [3.63, 3.8) is 0 Å². The second kappa shape index (κ2) is 11.5. The van der Waals surface area contributed by atoms with E-state index in [2.05, 4.69) is 34.5 Å². The van der Waals surface area contributed by atoms with E-state index in [1.54, 1.807) is 13.4 Å². The van der Waals surface area contributed by atoms with Crippen molar-refractivity contribution in [1.29, 1.82) is 0 Å². The molecule has 1 fully saturated rings. The van der Waals surface area contributed by atoms with Gasteiger partial charge in [-0.2, -0.15) is 5.10 Å². The predicted molar refractivity (Wildman–Crippen MR) is 140 cm³/mol. The first-order chi connectivity index (χ1) is 16.8. The quantitative estimate of drug-likeness (QED) is 0.289. The van der Waals surface area contributed by atoms with Gasteiger partial charge in [0.15, 0.2) is 0 Å². The lowest BCUT2D eigenvalue weighted by molar-refractivity contribution is 0.0802. The number of anilines is 1. The minimum absolute atomic E-state index is 0.0622. The summed E-state index contributed by atoms with van der Waals surface area (Å²) in [6.45, 7) is 13.7. The van der Waals surface area contributed by atoms with Gasteiger partial charge >= 0.3 is 0 Å². The maximum absolute atomic E-state index is 6.08. The zero-order valence-electron chi connectivity index (χ0n) is 21.5. The lowest BCUT2D eigenvalue weighted by Gasteiger charge is -2.27. The first-order valence-electron chi connectivity index (χ1n) is 12.2. The summed E-state index contributed by atoms with van der Waals surface area (Å²) in [6.07, 6.45) is 1.56. The average molecular weight is 500 g/mol. The van der Waals surface area contributed by atoms with Gasteiger partial charge in [0.05, 0.1) is 36.7 Å². The molecule has 0 amide bonds. The van der Waals surface area contributed by atoms with Crippen LogP contribution in [0.1, 0.15) is 6.92 Å². The summed E-state index contributed by atoms with van der Waals surface area (Å²) in [7, 11) is 0.496. The van der Waals surface area contributed by atoms with Gasteiger partial charge in [0.2, 0.25) is 0 Å². The molecule has 1 aliphatic heterocycles. The van der Waals surface area contributed by atoms with Crippen molar-refractivity contribution in [2.45, 2.75) is 45.4 Å². The molecular formula is C25H37N5O4Si. The number of aromatic nitrogens is 4. The summed E-state index contributed by atoms with van der Waals surface area (Å²) in [6, 6.07) is 9.09. The minimum atomic E-state index is -1.18. The zero-order chi connectivity index (χ0) is 24.8. The lowest BCUT2D eigenvalue weighted by Crippen LogP contribution is -2.36. The molecule has 0 aliphatic carbocycles. The van der Waals surface area contributed by atoms with Crippen LogP contribution in [0.3, 0.4) is 0 Å². The van der Waals surface area contributed by atoms with Gasteiger partial charge in [-0.3, -0.25) is 0 Å². The highest BCUT2D eigenvalue weighted by atomic mass is 28.3. The van der Waals surface area contributed by atoms with Crippen LogP contribution in [-0.2, 0) is 20.9 Å². The van der Waals surface area contributed by atoms with Crippen LogP contribution < -0.4 is 9.64 Å². The van der Waals surface area contributed by atoms with Crippen molar-refractivity contribution in [3.8, 4) is 17.1 Å². The van der Waals surface area contributed by atoms with E-state index in [1.807, 2.05) is 35.9 Å². The van der Waals surface area contributed by atoms with Crippen LogP contribution in [0.15, 0.2) is 30.6 Å². The molecule has 0 radical (unpaired) electrons. The molecule has 1 atom stereocenters. The second-order valence-electron chi connectivity index (χ2n) is 10.1. The van der Waals surface area contributed by atoms with Crippen molar-refractivity contribution in [2.24, 2.45) is 0 Å². The van der Waals surface area contributed by atoms with Crippen LogP contribution in [0, 0.1) is 0 Å². The Morgan fingerprint density at radius 2 is 1.91 bits per heavy atom.